The Hall–Kier alpha value is -1.60. The fourth-order valence-electron chi connectivity index (χ4n) is 1.83. The molecule has 0 aliphatic heterocycles. The van der Waals surface area contributed by atoms with Crippen molar-refractivity contribution in [3.63, 3.8) is 0 Å². The largest absolute Gasteiger partial charge is 0.320 e. The predicted molar refractivity (Wildman–Crippen MR) is 68.4 cm³/mol. The van der Waals surface area contributed by atoms with E-state index in [0.717, 1.165) is 5.56 Å². The van der Waals surface area contributed by atoms with Crippen molar-refractivity contribution < 1.29 is 0 Å². The maximum atomic E-state index is 6.24. The van der Waals surface area contributed by atoms with E-state index in [1.807, 2.05) is 0 Å². The van der Waals surface area contributed by atoms with Crippen LogP contribution in [0.2, 0.25) is 0 Å². The summed E-state index contributed by atoms with van der Waals surface area (Å²) in [6.45, 7) is 4.17. The Bertz CT molecular complexity index is 471. The molecule has 0 aromatic heterocycles. The number of nitrogens with two attached hydrogens (primary N) is 1. The molecule has 1 unspecified atom stereocenters. The summed E-state index contributed by atoms with van der Waals surface area (Å²) in [5.41, 5.74) is 11.1. The van der Waals surface area contributed by atoms with Gasteiger partial charge in [-0.05, 0) is 25.0 Å². The lowest BCUT2D eigenvalue weighted by Gasteiger charge is -2.13. The third-order valence-corrected chi connectivity index (χ3v) is 2.84. The van der Waals surface area contributed by atoms with Crippen molar-refractivity contribution in [2.45, 2.75) is 19.9 Å². The summed E-state index contributed by atoms with van der Waals surface area (Å²) in [4.78, 5) is 0. The Kier molecular flexibility index (Phi) is 3.07. The highest BCUT2D eigenvalue weighted by Gasteiger charge is 2.07. The van der Waals surface area contributed by atoms with Crippen LogP contribution < -0.4 is 5.73 Å². The second-order valence-corrected chi connectivity index (χ2v) is 4.30. The second-order valence-electron chi connectivity index (χ2n) is 4.30. The van der Waals surface area contributed by atoms with Gasteiger partial charge in [-0.25, -0.2) is 0 Å². The quantitative estimate of drug-likeness (QED) is 0.810. The van der Waals surface area contributed by atoms with Crippen LogP contribution >= 0.6 is 0 Å². The minimum absolute atomic E-state index is 0.0273. The molecule has 2 aromatic rings. The normalized spacial score (nSPS) is 12.4. The lowest BCUT2D eigenvalue weighted by molar-refractivity contribution is 0.869. The highest BCUT2D eigenvalue weighted by atomic mass is 14.6. The van der Waals surface area contributed by atoms with E-state index in [2.05, 4.69) is 62.4 Å². The molecule has 0 radical (unpaired) electrons. The first kappa shape index (κ1) is 10.9. The lowest BCUT2D eigenvalue weighted by atomic mass is 9.97. The van der Waals surface area contributed by atoms with Crippen LogP contribution in [0.4, 0.5) is 0 Å². The molecular formula is C15H17N. The molecule has 0 aliphatic carbocycles. The van der Waals surface area contributed by atoms with Crippen LogP contribution in [0.5, 0.6) is 0 Å². The predicted octanol–water partition coefficient (Wildman–Crippen LogP) is 3.35. The fourth-order valence-corrected chi connectivity index (χ4v) is 1.83. The molecule has 0 saturated heterocycles. The summed E-state index contributed by atoms with van der Waals surface area (Å²) in [7, 11) is 0. The zero-order valence-electron chi connectivity index (χ0n) is 9.77. The third kappa shape index (κ3) is 2.31. The first-order valence-corrected chi connectivity index (χ1v) is 5.55. The summed E-state index contributed by atoms with van der Waals surface area (Å²) >= 11 is 0. The summed E-state index contributed by atoms with van der Waals surface area (Å²) in [5.74, 6) is 0. The van der Waals surface area contributed by atoms with E-state index in [-0.39, 0.29) is 6.04 Å². The first-order valence-electron chi connectivity index (χ1n) is 5.55. The molecule has 0 heterocycles. The molecule has 0 bridgehead atoms. The van der Waals surface area contributed by atoms with Gasteiger partial charge in [-0.1, -0.05) is 59.7 Å². The van der Waals surface area contributed by atoms with Gasteiger partial charge in [0.25, 0.3) is 0 Å². The number of hydrogen-bond acceptors (Lipinski definition) is 1. The molecule has 0 aliphatic rings. The molecule has 1 nitrogen and oxygen atoms in total. The zero-order chi connectivity index (χ0) is 11.5. The standard InChI is InChI=1S/C15H17N/c1-11-6-8-13(9-7-11)15(16)14-5-3-4-12(2)10-14/h3-10,15H,16H2,1-2H3. The number of aryl methyl sites for hydroxylation is 2. The van der Waals surface area contributed by atoms with Gasteiger partial charge in [-0.15, -0.1) is 0 Å². The highest BCUT2D eigenvalue weighted by molar-refractivity contribution is 5.34. The van der Waals surface area contributed by atoms with Gasteiger partial charge in [0.2, 0.25) is 0 Å². The molecule has 16 heavy (non-hydrogen) atoms. The van der Waals surface area contributed by atoms with Crippen LogP contribution in [0.25, 0.3) is 0 Å². The SMILES string of the molecule is Cc1ccc(C(N)c2cccc(C)c2)cc1. The van der Waals surface area contributed by atoms with Gasteiger partial charge in [0, 0.05) is 0 Å². The molecule has 82 valence electrons. The summed E-state index contributed by atoms with van der Waals surface area (Å²) in [6.07, 6.45) is 0. The van der Waals surface area contributed by atoms with Crippen molar-refractivity contribution in [2.75, 3.05) is 0 Å². The molecule has 1 heteroatoms. The lowest BCUT2D eigenvalue weighted by Crippen LogP contribution is -2.11. The third-order valence-electron chi connectivity index (χ3n) is 2.84. The Morgan fingerprint density at radius 2 is 1.50 bits per heavy atom. The van der Waals surface area contributed by atoms with E-state index in [1.54, 1.807) is 0 Å². The highest BCUT2D eigenvalue weighted by Crippen LogP contribution is 2.20. The molecule has 0 fully saturated rings. The topological polar surface area (TPSA) is 26.0 Å². The van der Waals surface area contributed by atoms with Crippen LogP contribution in [-0.4, -0.2) is 0 Å². The minimum Gasteiger partial charge on any atom is -0.320 e. The molecule has 2 aromatic carbocycles. The molecule has 0 amide bonds. The minimum atomic E-state index is -0.0273. The molecular weight excluding hydrogens is 194 g/mol. The average Bonchev–Trinajstić information content (AvgIpc) is 2.29. The Labute approximate surface area is 96.9 Å². The first-order chi connectivity index (χ1) is 7.66. The van der Waals surface area contributed by atoms with Crippen LogP contribution in [-0.2, 0) is 0 Å². The number of rotatable bonds is 2. The van der Waals surface area contributed by atoms with Gasteiger partial charge in [0.05, 0.1) is 6.04 Å². The second kappa shape index (κ2) is 4.50. The van der Waals surface area contributed by atoms with Crippen LogP contribution in [0.3, 0.4) is 0 Å². The fraction of sp³-hybridized carbons (Fsp3) is 0.200. The van der Waals surface area contributed by atoms with Crippen LogP contribution in [0.15, 0.2) is 48.5 Å². The van der Waals surface area contributed by atoms with Gasteiger partial charge in [0.15, 0.2) is 0 Å². The van der Waals surface area contributed by atoms with E-state index in [4.69, 9.17) is 5.73 Å². The van der Waals surface area contributed by atoms with E-state index < -0.39 is 0 Å². The average molecular weight is 211 g/mol. The van der Waals surface area contributed by atoms with E-state index in [1.165, 1.54) is 16.7 Å². The van der Waals surface area contributed by atoms with E-state index in [9.17, 15) is 0 Å². The maximum absolute atomic E-state index is 6.24. The van der Waals surface area contributed by atoms with Crippen molar-refractivity contribution in [2.24, 2.45) is 5.73 Å². The molecule has 2 rings (SSSR count). The van der Waals surface area contributed by atoms with E-state index in [0.29, 0.717) is 0 Å². The summed E-state index contributed by atoms with van der Waals surface area (Å²) in [6, 6.07) is 16.7. The van der Waals surface area contributed by atoms with Gasteiger partial charge in [0.1, 0.15) is 0 Å². The smallest absolute Gasteiger partial charge is 0.0551 e. The molecule has 2 N–H and O–H groups in total. The van der Waals surface area contributed by atoms with Gasteiger partial charge in [-0.2, -0.15) is 0 Å². The van der Waals surface area contributed by atoms with Crippen molar-refractivity contribution >= 4 is 0 Å². The maximum Gasteiger partial charge on any atom is 0.0551 e. The molecule has 0 saturated carbocycles. The number of benzene rings is 2. The molecule has 1 atom stereocenters. The van der Waals surface area contributed by atoms with Crippen molar-refractivity contribution in [1.29, 1.82) is 0 Å². The number of hydrogen-bond donors (Lipinski definition) is 1. The van der Waals surface area contributed by atoms with Crippen molar-refractivity contribution in [3.05, 3.63) is 70.8 Å². The Balaban J connectivity index is 2.31. The van der Waals surface area contributed by atoms with Gasteiger partial charge in [-0.3, -0.25) is 0 Å². The van der Waals surface area contributed by atoms with Crippen LogP contribution in [0, 0.1) is 13.8 Å². The molecule has 0 spiro atoms. The monoisotopic (exact) mass is 211 g/mol. The Morgan fingerprint density at radius 3 is 2.12 bits per heavy atom. The van der Waals surface area contributed by atoms with Crippen molar-refractivity contribution in [1.82, 2.24) is 0 Å². The Morgan fingerprint density at radius 1 is 0.812 bits per heavy atom. The summed E-state index contributed by atoms with van der Waals surface area (Å²) in [5, 5.41) is 0. The van der Waals surface area contributed by atoms with Gasteiger partial charge < -0.3 is 5.73 Å². The van der Waals surface area contributed by atoms with E-state index >= 15 is 0 Å². The van der Waals surface area contributed by atoms with Crippen molar-refractivity contribution in [3.8, 4) is 0 Å². The van der Waals surface area contributed by atoms with Gasteiger partial charge >= 0.3 is 0 Å². The summed E-state index contributed by atoms with van der Waals surface area (Å²) < 4.78 is 0. The van der Waals surface area contributed by atoms with Crippen LogP contribution in [0.1, 0.15) is 28.3 Å². The zero-order valence-corrected chi connectivity index (χ0v) is 9.77.